The smallest absolute Gasteiger partial charge is 0.325 e. The van der Waals surface area contributed by atoms with Gasteiger partial charge >= 0.3 is 11.9 Å². The number of benzene rings is 2. The molecule has 2 aromatic carbocycles. The van der Waals surface area contributed by atoms with Gasteiger partial charge < -0.3 is 14.2 Å². The summed E-state index contributed by atoms with van der Waals surface area (Å²) in [5.41, 5.74) is -1.51. The van der Waals surface area contributed by atoms with Crippen molar-refractivity contribution in [3.05, 3.63) is 59.1 Å². The Bertz CT molecular complexity index is 1040. The Balaban J connectivity index is 2.18. The van der Waals surface area contributed by atoms with E-state index < -0.39 is 38.4 Å². The minimum atomic E-state index is -4.12. The van der Waals surface area contributed by atoms with Gasteiger partial charge in [-0.05, 0) is 55.8 Å². The van der Waals surface area contributed by atoms with Crippen molar-refractivity contribution < 1.29 is 32.2 Å². The lowest BCUT2D eigenvalue weighted by molar-refractivity contribution is -0.164. The van der Waals surface area contributed by atoms with Gasteiger partial charge in [-0.15, -0.1) is 0 Å². The summed E-state index contributed by atoms with van der Waals surface area (Å²) in [7, 11) is -2.62. The number of carbonyl (C=O) groups is 2. The van der Waals surface area contributed by atoms with Crippen LogP contribution in [0.5, 0.6) is 5.75 Å². The lowest BCUT2D eigenvalue weighted by Crippen LogP contribution is -2.35. The predicted octanol–water partition coefficient (Wildman–Crippen LogP) is 3.40. The van der Waals surface area contributed by atoms with E-state index in [0.29, 0.717) is 16.3 Å². The van der Waals surface area contributed by atoms with Crippen LogP contribution in [0.3, 0.4) is 0 Å². The summed E-state index contributed by atoms with van der Waals surface area (Å²) in [4.78, 5) is 26.1. The number of ether oxygens (including phenoxy) is 3. The Hall–Kier alpha value is -2.58. The lowest BCUT2D eigenvalue weighted by atomic mass is 9.99. The highest BCUT2D eigenvalue weighted by molar-refractivity contribution is 7.92. The number of sulfone groups is 1. The van der Waals surface area contributed by atoms with Gasteiger partial charge in [0.25, 0.3) is 0 Å². The SMILES string of the molecule is CCOC(=O)C1(C(=O)OCC)[C@H](c2ccc(OC)cc2)[C@H]1S(=O)(=O)c1ccc(Cl)cc1. The third-order valence-electron chi connectivity index (χ3n) is 5.31. The zero-order chi connectivity index (χ0) is 22.8. The first-order valence-corrected chi connectivity index (χ1v) is 11.6. The fraction of sp³-hybridized carbons (Fsp3) is 0.364. The first-order valence-electron chi connectivity index (χ1n) is 9.72. The molecule has 0 bridgehead atoms. The van der Waals surface area contributed by atoms with Gasteiger partial charge in [0.15, 0.2) is 15.3 Å². The second-order valence-electron chi connectivity index (χ2n) is 6.98. The summed E-state index contributed by atoms with van der Waals surface area (Å²) in [6.07, 6.45) is 0. The molecule has 1 fully saturated rings. The van der Waals surface area contributed by atoms with Crippen LogP contribution in [0, 0.1) is 5.41 Å². The molecule has 0 amide bonds. The number of hydrogen-bond donors (Lipinski definition) is 0. The van der Waals surface area contributed by atoms with E-state index in [9.17, 15) is 18.0 Å². The molecule has 0 radical (unpaired) electrons. The fourth-order valence-corrected chi connectivity index (χ4v) is 6.29. The van der Waals surface area contributed by atoms with Crippen molar-refractivity contribution in [1.29, 1.82) is 0 Å². The van der Waals surface area contributed by atoms with Crippen molar-refractivity contribution in [2.75, 3.05) is 20.3 Å². The molecule has 0 saturated heterocycles. The van der Waals surface area contributed by atoms with Crippen LogP contribution in [0.1, 0.15) is 25.3 Å². The highest BCUT2D eigenvalue weighted by Crippen LogP contribution is 2.65. The molecule has 3 rings (SSSR count). The molecule has 2 aromatic rings. The number of rotatable bonds is 8. The Labute approximate surface area is 186 Å². The Kier molecular flexibility index (Phi) is 6.62. The zero-order valence-corrected chi connectivity index (χ0v) is 18.9. The van der Waals surface area contributed by atoms with E-state index in [1.54, 1.807) is 38.1 Å². The van der Waals surface area contributed by atoms with Crippen LogP contribution in [-0.4, -0.2) is 45.9 Å². The zero-order valence-electron chi connectivity index (χ0n) is 17.3. The molecule has 0 spiro atoms. The quantitative estimate of drug-likeness (QED) is 0.434. The average molecular weight is 467 g/mol. The van der Waals surface area contributed by atoms with Gasteiger partial charge in [-0.3, -0.25) is 9.59 Å². The molecule has 0 aromatic heterocycles. The highest BCUT2D eigenvalue weighted by Gasteiger charge is 2.81. The van der Waals surface area contributed by atoms with Crippen molar-refractivity contribution in [2.24, 2.45) is 5.41 Å². The van der Waals surface area contributed by atoms with Gasteiger partial charge in [-0.25, -0.2) is 8.42 Å². The minimum Gasteiger partial charge on any atom is -0.497 e. The monoisotopic (exact) mass is 466 g/mol. The van der Waals surface area contributed by atoms with Crippen LogP contribution >= 0.6 is 11.6 Å². The number of esters is 2. The fourth-order valence-electron chi connectivity index (χ4n) is 3.87. The maximum atomic E-state index is 13.6. The maximum absolute atomic E-state index is 13.6. The van der Waals surface area contributed by atoms with E-state index in [4.69, 9.17) is 25.8 Å². The van der Waals surface area contributed by atoms with Gasteiger partial charge in [0.1, 0.15) is 11.0 Å². The molecule has 0 unspecified atom stereocenters. The number of methoxy groups -OCH3 is 1. The maximum Gasteiger partial charge on any atom is 0.325 e. The Morgan fingerprint density at radius 1 is 0.935 bits per heavy atom. The second kappa shape index (κ2) is 8.88. The summed E-state index contributed by atoms with van der Waals surface area (Å²) >= 11 is 5.89. The first kappa shape index (κ1) is 23.1. The molecule has 166 valence electrons. The van der Waals surface area contributed by atoms with Crippen LogP contribution in [0.4, 0.5) is 0 Å². The van der Waals surface area contributed by atoms with E-state index in [-0.39, 0.29) is 18.1 Å². The molecule has 0 heterocycles. The second-order valence-corrected chi connectivity index (χ2v) is 9.49. The number of carbonyl (C=O) groups excluding carboxylic acids is 2. The molecule has 1 saturated carbocycles. The summed E-state index contributed by atoms with van der Waals surface area (Å²) in [6, 6.07) is 12.1. The van der Waals surface area contributed by atoms with Crippen LogP contribution in [0.2, 0.25) is 5.02 Å². The van der Waals surface area contributed by atoms with Crippen molar-refractivity contribution >= 4 is 33.4 Å². The highest BCUT2D eigenvalue weighted by atomic mass is 35.5. The van der Waals surface area contributed by atoms with E-state index in [1.807, 2.05) is 0 Å². The molecule has 9 heteroatoms. The molecule has 0 N–H and O–H groups in total. The standard InChI is InChI=1S/C22H23ClO7S/c1-4-29-20(24)22(21(25)30-5-2)18(14-6-10-16(28-3)11-7-14)19(22)31(26,27)17-12-8-15(23)9-13-17/h6-13,18-19H,4-5H2,1-3H3/t18-,19-/m1/s1. The normalized spacial score (nSPS) is 19.4. The molecule has 1 aliphatic rings. The summed E-state index contributed by atoms with van der Waals surface area (Å²) in [5.74, 6) is -2.26. The van der Waals surface area contributed by atoms with E-state index in [1.165, 1.54) is 31.4 Å². The van der Waals surface area contributed by atoms with Crippen molar-refractivity contribution in [2.45, 2.75) is 29.9 Å². The third kappa shape index (κ3) is 3.90. The molecule has 31 heavy (non-hydrogen) atoms. The average Bonchev–Trinajstić information content (AvgIpc) is 3.47. The minimum absolute atomic E-state index is 0.0109. The van der Waals surface area contributed by atoms with Gasteiger partial charge in [-0.2, -0.15) is 0 Å². The Morgan fingerprint density at radius 3 is 1.90 bits per heavy atom. The molecule has 7 nitrogen and oxygen atoms in total. The summed E-state index contributed by atoms with van der Waals surface area (Å²) in [6.45, 7) is 3.15. The molecule has 1 aliphatic carbocycles. The molecular formula is C22H23ClO7S. The van der Waals surface area contributed by atoms with Crippen LogP contribution < -0.4 is 4.74 Å². The Morgan fingerprint density at radius 2 is 1.45 bits per heavy atom. The van der Waals surface area contributed by atoms with E-state index in [0.717, 1.165) is 0 Å². The van der Waals surface area contributed by atoms with E-state index in [2.05, 4.69) is 0 Å². The first-order chi connectivity index (χ1) is 14.7. The van der Waals surface area contributed by atoms with Crippen LogP contribution in [0.15, 0.2) is 53.4 Å². The molecule has 0 aliphatic heterocycles. The largest absolute Gasteiger partial charge is 0.497 e. The van der Waals surface area contributed by atoms with Crippen LogP contribution in [-0.2, 0) is 28.9 Å². The molecule has 2 atom stereocenters. The third-order valence-corrected chi connectivity index (χ3v) is 7.80. The predicted molar refractivity (Wildman–Crippen MR) is 114 cm³/mol. The summed E-state index contributed by atoms with van der Waals surface area (Å²) < 4.78 is 42.6. The summed E-state index contributed by atoms with van der Waals surface area (Å²) in [5, 5.41) is -1.02. The van der Waals surface area contributed by atoms with Crippen molar-refractivity contribution in [3.63, 3.8) is 0 Å². The van der Waals surface area contributed by atoms with Gasteiger partial charge in [0.05, 0.1) is 25.2 Å². The lowest BCUT2D eigenvalue weighted by Gasteiger charge is -2.15. The number of halogens is 1. The van der Waals surface area contributed by atoms with Crippen molar-refractivity contribution in [3.8, 4) is 5.75 Å². The van der Waals surface area contributed by atoms with Gasteiger partial charge in [0, 0.05) is 10.9 Å². The number of hydrogen-bond acceptors (Lipinski definition) is 7. The molecular weight excluding hydrogens is 444 g/mol. The topological polar surface area (TPSA) is 96.0 Å². The van der Waals surface area contributed by atoms with Gasteiger partial charge in [-0.1, -0.05) is 23.7 Å². The van der Waals surface area contributed by atoms with Gasteiger partial charge in [0.2, 0.25) is 0 Å². The van der Waals surface area contributed by atoms with Crippen molar-refractivity contribution in [1.82, 2.24) is 0 Å². The van der Waals surface area contributed by atoms with E-state index >= 15 is 0 Å². The van der Waals surface area contributed by atoms with Crippen LogP contribution in [0.25, 0.3) is 0 Å².